The van der Waals surface area contributed by atoms with Gasteiger partial charge in [0.05, 0.1) is 0 Å². The van der Waals surface area contributed by atoms with Gasteiger partial charge >= 0.3 is 0 Å². The molecule has 0 saturated heterocycles. The number of nitrogens with one attached hydrogen (secondary N) is 1. The van der Waals surface area contributed by atoms with E-state index in [1.54, 1.807) is 0 Å². The van der Waals surface area contributed by atoms with Gasteiger partial charge in [-0.1, -0.05) is 39.8 Å². The normalized spacial score (nSPS) is 21.4. The molecule has 0 radical (unpaired) electrons. The maximum Gasteiger partial charge on any atom is 0.0314 e. The third-order valence-electron chi connectivity index (χ3n) is 4.76. The molecule has 0 aromatic heterocycles. The molecule has 1 aromatic carbocycles. The Labute approximate surface area is 105 Å². The van der Waals surface area contributed by atoms with E-state index in [0.29, 0.717) is 16.9 Å². The maximum absolute atomic E-state index is 5.67. The molecule has 0 heterocycles. The Morgan fingerprint density at radius 2 is 1.59 bits per heavy atom. The zero-order chi connectivity index (χ0) is 12.7. The summed E-state index contributed by atoms with van der Waals surface area (Å²) in [5, 5.41) is 3.67. The highest BCUT2D eigenvalue weighted by Crippen LogP contribution is 2.62. The molecule has 2 nitrogen and oxygen atoms in total. The third-order valence-corrected chi connectivity index (χ3v) is 4.76. The van der Waals surface area contributed by atoms with E-state index in [1.807, 2.05) is 12.1 Å². The lowest BCUT2D eigenvalue weighted by Gasteiger charge is -2.06. The van der Waals surface area contributed by atoms with Crippen molar-refractivity contribution in [3.8, 4) is 0 Å². The molecule has 0 unspecified atom stereocenters. The predicted octanol–water partition coefficient (Wildman–Crippen LogP) is 2.84. The topological polar surface area (TPSA) is 38.0 Å². The summed E-state index contributed by atoms with van der Waals surface area (Å²) in [7, 11) is 0. The molecule has 3 N–H and O–H groups in total. The second-order valence-electron chi connectivity index (χ2n) is 6.32. The highest BCUT2D eigenvalue weighted by Gasteiger charge is 2.64. The number of anilines is 1. The van der Waals surface area contributed by atoms with Crippen molar-refractivity contribution in [1.82, 2.24) is 5.32 Å². The van der Waals surface area contributed by atoms with E-state index in [4.69, 9.17) is 5.73 Å². The maximum atomic E-state index is 5.67. The Balaban J connectivity index is 1.80. The van der Waals surface area contributed by atoms with Crippen molar-refractivity contribution in [1.29, 1.82) is 0 Å². The molecular formula is C15H24N2. The SMILES string of the molecule is CC1(C)C(NCCc2ccc(N)cc2)C1(C)C. The molecule has 1 saturated carbocycles. The fourth-order valence-corrected chi connectivity index (χ4v) is 2.75. The second kappa shape index (κ2) is 4.02. The Bertz CT molecular complexity index is 376. The second-order valence-corrected chi connectivity index (χ2v) is 6.32. The molecule has 0 spiro atoms. The van der Waals surface area contributed by atoms with Crippen LogP contribution in [0.3, 0.4) is 0 Å². The molecule has 0 amide bonds. The smallest absolute Gasteiger partial charge is 0.0314 e. The van der Waals surface area contributed by atoms with Crippen LogP contribution >= 0.6 is 0 Å². The Hall–Kier alpha value is -1.02. The van der Waals surface area contributed by atoms with Crippen LogP contribution in [0.4, 0.5) is 5.69 Å². The van der Waals surface area contributed by atoms with Crippen LogP contribution in [0.15, 0.2) is 24.3 Å². The average Bonchev–Trinajstić information content (AvgIpc) is 2.63. The molecule has 0 aliphatic heterocycles. The number of hydrogen-bond acceptors (Lipinski definition) is 2. The zero-order valence-electron chi connectivity index (χ0n) is 11.4. The molecule has 1 aliphatic carbocycles. The Morgan fingerprint density at radius 1 is 1.06 bits per heavy atom. The van der Waals surface area contributed by atoms with Gasteiger partial charge in [-0.3, -0.25) is 0 Å². The minimum atomic E-state index is 0.425. The van der Waals surface area contributed by atoms with Gasteiger partial charge in [0.25, 0.3) is 0 Å². The van der Waals surface area contributed by atoms with Gasteiger partial charge in [0.1, 0.15) is 0 Å². The van der Waals surface area contributed by atoms with Crippen molar-refractivity contribution in [2.75, 3.05) is 12.3 Å². The summed E-state index contributed by atoms with van der Waals surface area (Å²) in [6, 6.07) is 8.81. The summed E-state index contributed by atoms with van der Waals surface area (Å²) < 4.78 is 0. The monoisotopic (exact) mass is 232 g/mol. The van der Waals surface area contributed by atoms with Crippen molar-refractivity contribution >= 4 is 5.69 Å². The van der Waals surface area contributed by atoms with Crippen LogP contribution in [0, 0.1) is 10.8 Å². The molecule has 0 bridgehead atoms. The van der Waals surface area contributed by atoms with Crippen molar-refractivity contribution < 1.29 is 0 Å². The Kier molecular flexibility index (Phi) is 2.94. The molecule has 2 heteroatoms. The number of benzene rings is 1. The molecule has 94 valence electrons. The summed E-state index contributed by atoms with van der Waals surface area (Å²) in [4.78, 5) is 0. The number of nitrogens with two attached hydrogens (primary N) is 1. The van der Waals surface area contributed by atoms with Crippen LogP contribution in [0.2, 0.25) is 0 Å². The van der Waals surface area contributed by atoms with E-state index in [0.717, 1.165) is 18.7 Å². The lowest BCUT2D eigenvalue weighted by Crippen LogP contribution is -2.24. The quantitative estimate of drug-likeness (QED) is 0.783. The van der Waals surface area contributed by atoms with Crippen LogP contribution in [0.5, 0.6) is 0 Å². The predicted molar refractivity (Wildman–Crippen MR) is 73.9 cm³/mol. The first-order valence-electron chi connectivity index (χ1n) is 6.43. The van der Waals surface area contributed by atoms with Gasteiger partial charge in [0, 0.05) is 11.7 Å². The van der Waals surface area contributed by atoms with Gasteiger partial charge in [0.15, 0.2) is 0 Å². The van der Waals surface area contributed by atoms with Crippen molar-refractivity contribution in [2.45, 2.75) is 40.2 Å². The lowest BCUT2D eigenvalue weighted by atomic mass is 10.0. The van der Waals surface area contributed by atoms with Crippen LogP contribution in [-0.2, 0) is 6.42 Å². The molecule has 1 fully saturated rings. The van der Waals surface area contributed by atoms with E-state index < -0.39 is 0 Å². The van der Waals surface area contributed by atoms with Crippen molar-refractivity contribution in [3.63, 3.8) is 0 Å². The standard InChI is InChI=1S/C15H24N2/c1-14(2)13(15(14,3)4)17-10-9-11-5-7-12(16)8-6-11/h5-8,13,17H,9-10,16H2,1-4H3. The van der Waals surface area contributed by atoms with Gasteiger partial charge in [-0.25, -0.2) is 0 Å². The summed E-state index contributed by atoms with van der Waals surface area (Å²) in [6.45, 7) is 10.4. The largest absolute Gasteiger partial charge is 0.399 e. The zero-order valence-corrected chi connectivity index (χ0v) is 11.4. The molecule has 1 aliphatic rings. The molecule has 1 aromatic rings. The molecular weight excluding hydrogens is 208 g/mol. The van der Waals surface area contributed by atoms with Crippen LogP contribution in [0.1, 0.15) is 33.3 Å². The van der Waals surface area contributed by atoms with Crippen LogP contribution in [0.25, 0.3) is 0 Å². The van der Waals surface area contributed by atoms with Gasteiger partial charge in [-0.15, -0.1) is 0 Å². The lowest BCUT2D eigenvalue weighted by molar-refractivity contribution is 0.457. The molecule has 17 heavy (non-hydrogen) atoms. The summed E-state index contributed by atoms with van der Waals surface area (Å²) in [5.41, 5.74) is 8.71. The fraction of sp³-hybridized carbons (Fsp3) is 0.600. The average molecular weight is 232 g/mol. The van der Waals surface area contributed by atoms with Crippen molar-refractivity contribution in [3.05, 3.63) is 29.8 Å². The van der Waals surface area contributed by atoms with E-state index in [9.17, 15) is 0 Å². The molecule has 2 rings (SSSR count). The van der Waals surface area contributed by atoms with E-state index in [-0.39, 0.29) is 0 Å². The third kappa shape index (κ3) is 2.19. The highest BCUT2D eigenvalue weighted by molar-refractivity contribution is 5.39. The number of rotatable bonds is 4. The molecule has 0 atom stereocenters. The summed E-state index contributed by atoms with van der Waals surface area (Å²) in [5.74, 6) is 0. The summed E-state index contributed by atoms with van der Waals surface area (Å²) >= 11 is 0. The van der Waals surface area contributed by atoms with Gasteiger partial charge in [0.2, 0.25) is 0 Å². The first-order chi connectivity index (χ1) is 7.85. The van der Waals surface area contributed by atoms with Crippen LogP contribution in [-0.4, -0.2) is 12.6 Å². The van der Waals surface area contributed by atoms with E-state index >= 15 is 0 Å². The van der Waals surface area contributed by atoms with Crippen LogP contribution < -0.4 is 11.1 Å². The number of hydrogen-bond donors (Lipinski definition) is 2. The first kappa shape index (κ1) is 12.4. The van der Waals surface area contributed by atoms with Gasteiger partial charge in [-0.05, 0) is 41.5 Å². The Morgan fingerprint density at radius 3 is 2.06 bits per heavy atom. The fourth-order valence-electron chi connectivity index (χ4n) is 2.75. The minimum Gasteiger partial charge on any atom is -0.399 e. The van der Waals surface area contributed by atoms with E-state index in [2.05, 4.69) is 45.1 Å². The van der Waals surface area contributed by atoms with Gasteiger partial charge < -0.3 is 11.1 Å². The first-order valence-corrected chi connectivity index (χ1v) is 6.43. The minimum absolute atomic E-state index is 0.425. The van der Waals surface area contributed by atoms with E-state index in [1.165, 1.54) is 5.56 Å². The van der Waals surface area contributed by atoms with Gasteiger partial charge in [-0.2, -0.15) is 0 Å². The highest BCUT2D eigenvalue weighted by atomic mass is 15.0. The van der Waals surface area contributed by atoms with Crippen molar-refractivity contribution in [2.24, 2.45) is 10.8 Å². The number of nitrogen functional groups attached to an aromatic ring is 1. The summed E-state index contributed by atoms with van der Waals surface area (Å²) in [6.07, 6.45) is 1.07.